The van der Waals surface area contributed by atoms with Gasteiger partial charge in [0.2, 0.25) is 0 Å². The lowest BCUT2D eigenvalue weighted by Gasteiger charge is -2.30. The van der Waals surface area contributed by atoms with E-state index in [1.165, 1.54) is 0 Å². The minimum Gasteiger partial charge on any atom is -0.370 e. The van der Waals surface area contributed by atoms with Gasteiger partial charge in [-0.2, -0.15) is 11.8 Å². The zero-order valence-electron chi connectivity index (χ0n) is 10.5. The summed E-state index contributed by atoms with van der Waals surface area (Å²) in [6, 6.07) is 1.93. The van der Waals surface area contributed by atoms with E-state index >= 15 is 0 Å². The first kappa shape index (κ1) is 13.0. The monoisotopic (exact) mass is 269 g/mol. The van der Waals surface area contributed by atoms with Crippen LogP contribution in [0.15, 0.2) is 12.3 Å². The van der Waals surface area contributed by atoms with Gasteiger partial charge in [0.15, 0.2) is 0 Å². The van der Waals surface area contributed by atoms with Gasteiger partial charge in [0, 0.05) is 29.0 Å². The second-order valence-corrected chi connectivity index (χ2v) is 7.19. The van der Waals surface area contributed by atoms with E-state index in [9.17, 15) is 0 Å². The summed E-state index contributed by atoms with van der Waals surface area (Å²) in [6.45, 7) is 7.57. The maximum Gasteiger partial charge on any atom is 0.144 e. The van der Waals surface area contributed by atoms with Crippen LogP contribution < -0.4 is 5.32 Å². The number of nitrogens with one attached hydrogen (secondary N) is 1. The zero-order valence-corrected chi connectivity index (χ0v) is 12.1. The van der Waals surface area contributed by atoms with Crippen molar-refractivity contribution in [2.75, 3.05) is 17.6 Å². The molecule has 1 saturated heterocycles. The molecule has 3 atom stereocenters. The van der Waals surface area contributed by atoms with E-state index in [1.54, 1.807) is 0 Å². The molecule has 0 amide bonds. The fourth-order valence-corrected chi connectivity index (χ4v) is 4.58. The Bertz CT molecular complexity index is 373. The van der Waals surface area contributed by atoms with Crippen molar-refractivity contribution in [2.24, 2.45) is 0 Å². The Hall–Kier alpha value is -0.420. The SMILES string of the molecule is CCNc1ccnc(C2CSC(C)C(C)S2)n1. The van der Waals surface area contributed by atoms with Crippen molar-refractivity contribution >= 4 is 29.3 Å². The highest BCUT2D eigenvalue weighted by Gasteiger charge is 2.28. The van der Waals surface area contributed by atoms with Crippen molar-refractivity contribution in [2.45, 2.75) is 36.5 Å². The summed E-state index contributed by atoms with van der Waals surface area (Å²) in [5.74, 6) is 3.03. The molecule has 3 nitrogen and oxygen atoms in total. The van der Waals surface area contributed by atoms with E-state index in [1.807, 2.05) is 35.8 Å². The third-order valence-electron chi connectivity index (χ3n) is 2.87. The van der Waals surface area contributed by atoms with Crippen LogP contribution in [0.2, 0.25) is 0 Å². The molecule has 2 rings (SSSR count). The standard InChI is InChI=1S/C12H19N3S2/c1-4-13-11-5-6-14-12(15-11)10-7-16-8(2)9(3)17-10/h5-6,8-10H,4,7H2,1-3H3,(H,13,14,15). The molecule has 0 aromatic carbocycles. The molecule has 94 valence electrons. The second-order valence-electron chi connectivity index (χ2n) is 4.20. The number of anilines is 1. The average Bonchev–Trinajstić information content (AvgIpc) is 2.33. The average molecular weight is 269 g/mol. The van der Waals surface area contributed by atoms with Crippen LogP contribution in [-0.4, -0.2) is 32.8 Å². The first-order chi connectivity index (χ1) is 8.20. The molecule has 0 radical (unpaired) electrons. The summed E-state index contributed by atoms with van der Waals surface area (Å²) in [5.41, 5.74) is 0. The predicted octanol–water partition coefficient (Wildman–Crippen LogP) is 3.21. The van der Waals surface area contributed by atoms with Crippen molar-refractivity contribution in [1.82, 2.24) is 9.97 Å². The Morgan fingerprint density at radius 2 is 2.24 bits per heavy atom. The fraction of sp³-hybridized carbons (Fsp3) is 0.667. The molecule has 3 unspecified atom stereocenters. The number of nitrogens with zero attached hydrogens (tertiary/aromatic N) is 2. The van der Waals surface area contributed by atoms with E-state index < -0.39 is 0 Å². The molecule has 0 saturated carbocycles. The van der Waals surface area contributed by atoms with Crippen LogP contribution in [0.5, 0.6) is 0 Å². The summed E-state index contributed by atoms with van der Waals surface area (Å²) in [4.78, 5) is 9.01. The van der Waals surface area contributed by atoms with Gasteiger partial charge in [0.05, 0.1) is 5.25 Å². The quantitative estimate of drug-likeness (QED) is 0.912. The molecule has 2 heterocycles. The Balaban J connectivity index is 2.09. The van der Waals surface area contributed by atoms with Crippen molar-refractivity contribution in [1.29, 1.82) is 0 Å². The van der Waals surface area contributed by atoms with Crippen LogP contribution >= 0.6 is 23.5 Å². The predicted molar refractivity (Wildman–Crippen MR) is 77.9 cm³/mol. The lowest BCUT2D eigenvalue weighted by molar-refractivity contribution is 0.859. The Morgan fingerprint density at radius 3 is 2.94 bits per heavy atom. The Kier molecular flexibility index (Phi) is 4.56. The molecule has 0 aliphatic carbocycles. The number of hydrogen-bond donors (Lipinski definition) is 1. The van der Waals surface area contributed by atoms with Crippen LogP contribution in [0, 0.1) is 0 Å². The second kappa shape index (κ2) is 5.96. The minimum atomic E-state index is 0.435. The third kappa shape index (κ3) is 3.28. The van der Waals surface area contributed by atoms with Crippen molar-refractivity contribution in [3.8, 4) is 0 Å². The molecule has 1 N–H and O–H groups in total. The molecular weight excluding hydrogens is 250 g/mol. The van der Waals surface area contributed by atoms with Gasteiger partial charge in [-0.1, -0.05) is 13.8 Å². The normalized spacial score (nSPS) is 29.0. The van der Waals surface area contributed by atoms with Crippen LogP contribution in [0.4, 0.5) is 5.82 Å². The van der Waals surface area contributed by atoms with E-state index in [-0.39, 0.29) is 0 Å². The molecule has 5 heteroatoms. The van der Waals surface area contributed by atoms with Crippen LogP contribution in [0.25, 0.3) is 0 Å². The maximum absolute atomic E-state index is 4.59. The maximum atomic E-state index is 4.59. The smallest absolute Gasteiger partial charge is 0.144 e. The van der Waals surface area contributed by atoms with E-state index in [0.717, 1.165) is 29.2 Å². The number of thioether (sulfide) groups is 2. The van der Waals surface area contributed by atoms with Crippen LogP contribution in [0.3, 0.4) is 0 Å². The molecule has 0 spiro atoms. The summed E-state index contributed by atoms with van der Waals surface area (Å²) < 4.78 is 0. The van der Waals surface area contributed by atoms with Gasteiger partial charge in [-0.05, 0) is 13.0 Å². The lowest BCUT2D eigenvalue weighted by atomic mass is 10.3. The summed E-state index contributed by atoms with van der Waals surface area (Å²) >= 11 is 4.03. The summed E-state index contributed by atoms with van der Waals surface area (Å²) in [6.07, 6.45) is 1.86. The molecule has 1 aromatic heterocycles. The Labute approximate surface area is 112 Å². The van der Waals surface area contributed by atoms with Crippen molar-refractivity contribution < 1.29 is 0 Å². The van der Waals surface area contributed by atoms with Gasteiger partial charge in [0.1, 0.15) is 11.6 Å². The minimum absolute atomic E-state index is 0.435. The van der Waals surface area contributed by atoms with Gasteiger partial charge in [-0.15, -0.1) is 11.8 Å². The topological polar surface area (TPSA) is 37.8 Å². The van der Waals surface area contributed by atoms with Gasteiger partial charge in [-0.25, -0.2) is 9.97 Å². The molecule has 0 bridgehead atoms. The molecule has 1 fully saturated rings. The summed E-state index contributed by atoms with van der Waals surface area (Å²) in [5, 5.41) is 5.08. The first-order valence-corrected chi connectivity index (χ1v) is 8.03. The number of aromatic nitrogens is 2. The van der Waals surface area contributed by atoms with Crippen molar-refractivity contribution in [3.05, 3.63) is 18.1 Å². The van der Waals surface area contributed by atoms with Crippen molar-refractivity contribution in [3.63, 3.8) is 0 Å². The summed E-state index contributed by atoms with van der Waals surface area (Å²) in [7, 11) is 0. The van der Waals surface area contributed by atoms with Crippen LogP contribution in [-0.2, 0) is 0 Å². The largest absolute Gasteiger partial charge is 0.370 e. The molecule has 1 aliphatic heterocycles. The van der Waals surface area contributed by atoms with E-state index in [4.69, 9.17) is 0 Å². The highest BCUT2D eigenvalue weighted by molar-refractivity contribution is 8.07. The highest BCUT2D eigenvalue weighted by atomic mass is 32.2. The lowest BCUT2D eigenvalue weighted by Crippen LogP contribution is -2.23. The fourth-order valence-electron chi connectivity index (χ4n) is 1.73. The molecular formula is C12H19N3S2. The van der Waals surface area contributed by atoms with Crippen LogP contribution in [0.1, 0.15) is 31.8 Å². The number of hydrogen-bond acceptors (Lipinski definition) is 5. The molecule has 1 aliphatic rings. The zero-order chi connectivity index (χ0) is 12.3. The van der Waals surface area contributed by atoms with Gasteiger partial charge < -0.3 is 5.32 Å². The first-order valence-electron chi connectivity index (χ1n) is 6.04. The van der Waals surface area contributed by atoms with Gasteiger partial charge in [-0.3, -0.25) is 0 Å². The third-order valence-corrected chi connectivity index (χ3v) is 6.26. The van der Waals surface area contributed by atoms with Gasteiger partial charge >= 0.3 is 0 Å². The highest BCUT2D eigenvalue weighted by Crippen LogP contribution is 2.43. The van der Waals surface area contributed by atoms with Gasteiger partial charge in [0.25, 0.3) is 0 Å². The van der Waals surface area contributed by atoms with E-state index in [2.05, 4.69) is 36.1 Å². The Morgan fingerprint density at radius 1 is 1.41 bits per heavy atom. The molecule has 1 aromatic rings. The number of rotatable bonds is 3. The molecule has 17 heavy (non-hydrogen) atoms. The van der Waals surface area contributed by atoms with E-state index in [0.29, 0.717) is 10.5 Å².